The van der Waals surface area contributed by atoms with Crippen LogP contribution in [-0.2, 0) is 12.6 Å². The molecule has 3 nitrogen and oxygen atoms in total. The zero-order valence-electron chi connectivity index (χ0n) is 13.9. The van der Waals surface area contributed by atoms with E-state index < -0.39 is 41.1 Å². The lowest BCUT2D eigenvalue weighted by atomic mass is 9.91. The summed E-state index contributed by atoms with van der Waals surface area (Å²) in [7, 11) is 0. The first-order valence-electron chi connectivity index (χ1n) is 7.65. The number of carboxylic acid groups (broad SMARTS) is 1. The number of halogens is 5. The lowest BCUT2D eigenvalue weighted by molar-refractivity contribution is -0.141. The Morgan fingerprint density at radius 3 is 2.27 bits per heavy atom. The second-order valence-corrected chi connectivity index (χ2v) is 8.51. The molecule has 0 amide bonds. The lowest BCUT2D eigenvalue weighted by Gasteiger charge is -2.20. The number of nitrogens with zero attached hydrogens (tertiary/aromatic N) is 1. The number of aromatic carboxylic acids is 1. The number of alkyl halides is 5. The first-order valence-corrected chi connectivity index (χ1v) is 9.62. The summed E-state index contributed by atoms with van der Waals surface area (Å²) in [5, 5.41) is 9.40. The Morgan fingerprint density at radius 1 is 1.27 bits per heavy atom. The number of thioether (sulfide) groups is 2. The highest BCUT2D eigenvalue weighted by Crippen LogP contribution is 2.42. The molecule has 1 aliphatic rings. The summed E-state index contributed by atoms with van der Waals surface area (Å²) in [5.74, 6) is -0.510. The van der Waals surface area contributed by atoms with Gasteiger partial charge in [0.1, 0.15) is 5.69 Å². The molecule has 0 atom stereocenters. The zero-order valence-corrected chi connectivity index (χ0v) is 15.5. The third kappa shape index (κ3) is 4.70. The molecule has 1 aromatic heterocycles. The van der Waals surface area contributed by atoms with Gasteiger partial charge in [0.2, 0.25) is 0 Å². The summed E-state index contributed by atoms with van der Waals surface area (Å²) in [6, 6.07) is 0. The van der Waals surface area contributed by atoms with Crippen molar-refractivity contribution in [3.8, 4) is 0 Å². The summed E-state index contributed by atoms with van der Waals surface area (Å²) >= 11 is 2.68. The van der Waals surface area contributed by atoms with Gasteiger partial charge < -0.3 is 5.11 Å². The van der Waals surface area contributed by atoms with Crippen LogP contribution in [0.5, 0.6) is 0 Å². The summed E-state index contributed by atoms with van der Waals surface area (Å²) in [6.45, 7) is 3.36. The fourth-order valence-corrected chi connectivity index (χ4v) is 4.89. The molecule has 10 heteroatoms. The first-order chi connectivity index (χ1) is 12.0. The SMILES string of the molecule is CC(C)Cc1c(C=C2SCCS2)c(C(F)(F)F)nc(C(F)F)c1C(=O)O. The van der Waals surface area contributed by atoms with Gasteiger partial charge in [-0.05, 0) is 24.0 Å². The number of aromatic nitrogens is 1. The average Bonchev–Trinajstić information content (AvgIpc) is 2.99. The standard InChI is InChI=1S/C16H16F5NO2S2/c1-7(2)5-8-9(6-10-25-3-4-26-10)13(16(19,20)21)22-12(14(17)18)11(8)15(23)24/h6-7,14H,3-5H2,1-2H3,(H,23,24). The number of pyridine rings is 1. The molecule has 1 aliphatic heterocycles. The van der Waals surface area contributed by atoms with Gasteiger partial charge in [-0.1, -0.05) is 13.8 Å². The van der Waals surface area contributed by atoms with Crippen LogP contribution in [0.1, 0.15) is 53.1 Å². The second-order valence-electron chi connectivity index (χ2n) is 5.97. The fourth-order valence-electron chi connectivity index (χ4n) is 2.58. The van der Waals surface area contributed by atoms with E-state index in [9.17, 15) is 31.9 Å². The van der Waals surface area contributed by atoms with Gasteiger partial charge in [-0.2, -0.15) is 13.2 Å². The van der Waals surface area contributed by atoms with Crippen LogP contribution in [0.3, 0.4) is 0 Å². The Labute approximate surface area is 155 Å². The van der Waals surface area contributed by atoms with E-state index in [-0.39, 0.29) is 17.9 Å². The molecule has 0 unspecified atom stereocenters. The molecule has 2 heterocycles. The molecule has 1 N–H and O–H groups in total. The van der Waals surface area contributed by atoms with Crippen molar-refractivity contribution >= 4 is 35.6 Å². The Bertz CT molecular complexity index is 724. The van der Waals surface area contributed by atoms with Gasteiger partial charge in [-0.3, -0.25) is 0 Å². The van der Waals surface area contributed by atoms with Crippen LogP contribution in [0.4, 0.5) is 22.0 Å². The molecule has 0 bridgehead atoms. The number of hydrogen-bond donors (Lipinski definition) is 1. The molecular weight excluding hydrogens is 397 g/mol. The minimum absolute atomic E-state index is 0.0819. The molecular formula is C16H16F5NO2S2. The van der Waals surface area contributed by atoms with E-state index in [0.717, 1.165) is 0 Å². The smallest absolute Gasteiger partial charge is 0.433 e. The highest BCUT2D eigenvalue weighted by atomic mass is 32.2. The summed E-state index contributed by atoms with van der Waals surface area (Å²) in [6.07, 6.45) is -7.25. The summed E-state index contributed by atoms with van der Waals surface area (Å²) < 4.78 is 67.7. The van der Waals surface area contributed by atoms with Crippen molar-refractivity contribution in [1.82, 2.24) is 4.98 Å². The molecule has 144 valence electrons. The molecule has 1 fully saturated rings. The van der Waals surface area contributed by atoms with E-state index in [2.05, 4.69) is 4.98 Å². The fraction of sp³-hybridized carbons (Fsp3) is 0.500. The van der Waals surface area contributed by atoms with Gasteiger partial charge in [0.05, 0.1) is 5.56 Å². The third-order valence-electron chi connectivity index (χ3n) is 3.51. The van der Waals surface area contributed by atoms with Crippen molar-refractivity contribution in [2.75, 3.05) is 11.5 Å². The highest BCUT2D eigenvalue weighted by molar-refractivity contribution is 8.25. The van der Waals surface area contributed by atoms with Crippen LogP contribution in [0, 0.1) is 5.92 Å². The topological polar surface area (TPSA) is 50.2 Å². The number of hydrogen-bond acceptors (Lipinski definition) is 4. The monoisotopic (exact) mass is 413 g/mol. The van der Waals surface area contributed by atoms with E-state index in [1.165, 1.54) is 29.6 Å². The van der Waals surface area contributed by atoms with Crippen LogP contribution in [0.15, 0.2) is 4.24 Å². The van der Waals surface area contributed by atoms with Gasteiger partial charge in [-0.25, -0.2) is 18.6 Å². The minimum atomic E-state index is -4.98. The molecule has 0 aliphatic carbocycles. The van der Waals surface area contributed by atoms with Crippen LogP contribution in [0.2, 0.25) is 0 Å². The molecule has 1 aromatic rings. The second kappa shape index (κ2) is 8.16. The van der Waals surface area contributed by atoms with Gasteiger partial charge in [0.25, 0.3) is 6.43 Å². The molecule has 0 spiro atoms. The quantitative estimate of drug-likeness (QED) is 0.627. The molecule has 0 radical (unpaired) electrons. The molecule has 0 aromatic carbocycles. The maximum atomic E-state index is 13.5. The van der Waals surface area contributed by atoms with Crippen LogP contribution < -0.4 is 0 Å². The van der Waals surface area contributed by atoms with Crippen LogP contribution >= 0.6 is 23.5 Å². The van der Waals surface area contributed by atoms with Crippen LogP contribution in [-0.4, -0.2) is 27.6 Å². The van der Waals surface area contributed by atoms with Crippen molar-refractivity contribution in [2.24, 2.45) is 5.92 Å². The van der Waals surface area contributed by atoms with Gasteiger partial charge in [-0.15, -0.1) is 23.5 Å². The van der Waals surface area contributed by atoms with E-state index in [0.29, 0.717) is 15.7 Å². The molecule has 2 rings (SSSR count). The predicted octanol–water partition coefficient (Wildman–Crippen LogP) is 5.71. The largest absolute Gasteiger partial charge is 0.478 e. The highest BCUT2D eigenvalue weighted by Gasteiger charge is 2.40. The van der Waals surface area contributed by atoms with E-state index in [1.54, 1.807) is 13.8 Å². The average molecular weight is 413 g/mol. The normalized spacial score (nSPS) is 15.2. The van der Waals surface area contributed by atoms with E-state index in [1.807, 2.05) is 0 Å². The van der Waals surface area contributed by atoms with Crippen LogP contribution in [0.25, 0.3) is 6.08 Å². The van der Waals surface area contributed by atoms with Crippen molar-refractivity contribution in [3.63, 3.8) is 0 Å². The molecule has 26 heavy (non-hydrogen) atoms. The Morgan fingerprint density at radius 2 is 1.85 bits per heavy atom. The Kier molecular flexibility index (Phi) is 6.60. The summed E-state index contributed by atoms with van der Waals surface area (Å²) in [5.41, 5.74) is -4.31. The van der Waals surface area contributed by atoms with Crippen molar-refractivity contribution in [3.05, 3.63) is 32.3 Å². The third-order valence-corrected chi connectivity index (χ3v) is 6.09. The van der Waals surface area contributed by atoms with Gasteiger partial charge in [0, 0.05) is 21.3 Å². The van der Waals surface area contributed by atoms with Crippen molar-refractivity contribution in [1.29, 1.82) is 0 Å². The number of carbonyl (C=O) groups is 1. The van der Waals surface area contributed by atoms with Gasteiger partial charge in [0.15, 0.2) is 5.69 Å². The van der Waals surface area contributed by atoms with Crippen molar-refractivity contribution in [2.45, 2.75) is 32.9 Å². The first kappa shape index (κ1) is 21.0. The summed E-state index contributed by atoms with van der Waals surface area (Å²) in [4.78, 5) is 14.6. The maximum Gasteiger partial charge on any atom is 0.433 e. The maximum absolute atomic E-state index is 13.5. The zero-order chi connectivity index (χ0) is 19.6. The Hall–Kier alpha value is -1.29. The number of rotatable bonds is 5. The van der Waals surface area contributed by atoms with E-state index >= 15 is 0 Å². The van der Waals surface area contributed by atoms with Gasteiger partial charge >= 0.3 is 12.1 Å². The van der Waals surface area contributed by atoms with E-state index in [4.69, 9.17) is 0 Å². The molecule has 0 saturated carbocycles. The van der Waals surface area contributed by atoms with Crippen molar-refractivity contribution < 1.29 is 31.9 Å². The lowest BCUT2D eigenvalue weighted by Crippen LogP contribution is -2.20. The molecule has 1 saturated heterocycles. The predicted molar refractivity (Wildman–Crippen MR) is 92.6 cm³/mol. The number of carboxylic acids is 1. The minimum Gasteiger partial charge on any atom is -0.478 e. The Balaban J connectivity index is 2.89.